The molecule has 5 nitrogen and oxygen atoms in total. The molecule has 1 saturated carbocycles. The van der Waals surface area contributed by atoms with Crippen molar-refractivity contribution >= 4 is 33.6 Å². The van der Waals surface area contributed by atoms with Crippen molar-refractivity contribution < 1.29 is 14.7 Å². The normalized spacial score (nSPS) is 20.4. The number of carboxylic acids is 1. The number of rotatable bonds is 4. The van der Waals surface area contributed by atoms with Crippen LogP contribution in [0, 0.1) is 11.8 Å². The standard InChI is InChI=1S/C14H17BrN2O3/c1-8-5-10(8)7-17(2)14(20)16-12-4-3-9(13(18)19)6-11(12)15/h3-4,6,8,10H,5,7H2,1-2H3,(H,16,20)(H,18,19). The van der Waals surface area contributed by atoms with Gasteiger partial charge in [-0.1, -0.05) is 6.92 Å². The van der Waals surface area contributed by atoms with E-state index in [1.807, 2.05) is 0 Å². The van der Waals surface area contributed by atoms with E-state index in [0.717, 1.165) is 6.54 Å². The summed E-state index contributed by atoms with van der Waals surface area (Å²) in [4.78, 5) is 24.5. The van der Waals surface area contributed by atoms with E-state index in [2.05, 4.69) is 28.2 Å². The van der Waals surface area contributed by atoms with Crippen molar-refractivity contribution in [2.45, 2.75) is 13.3 Å². The van der Waals surface area contributed by atoms with Gasteiger partial charge in [-0.05, 0) is 52.4 Å². The van der Waals surface area contributed by atoms with Crippen molar-refractivity contribution in [3.63, 3.8) is 0 Å². The number of anilines is 1. The number of hydrogen-bond donors (Lipinski definition) is 2. The molecule has 1 aromatic rings. The van der Waals surface area contributed by atoms with Crippen LogP contribution in [0.2, 0.25) is 0 Å². The minimum atomic E-state index is -0.997. The second kappa shape index (κ2) is 5.83. The third kappa shape index (κ3) is 3.50. The smallest absolute Gasteiger partial charge is 0.335 e. The van der Waals surface area contributed by atoms with Gasteiger partial charge < -0.3 is 15.3 Å². The summed E-state index contributed by atoms with van der Waals surface area (Å²) in [6.07, 6.45) is 1.18. The molecule has 108 valence electrons. The Hall–Kier alpha value is -1.56. The SMILES string of the molecule is CC1CC1CN(C)C(=O)Nc1ccc(C(=O)O)cc1Br. The fourth-order valence-electron chi connectivity index (χ4n) is 2.05. The molecule has 6 heteroatoms. The first kappa shape index (κ1) is 14.8. The number of amides is 2. The quantitative estimate of drug-likeness (QED) is 0.883. The Morgan fingerprint density at radius 1 is 1.50 bits per heavy atom. The van der Waals surface area contributed by atoms with Crippen LogP contribution in [0.15, 0.2) is 22.7 Å². The number of hydrogen-bond acceptors (Lipinski definition) is 2. The first-order valence-corrected chi connectivity index (χ1v) is 7.22. The maximum Gasteiger partial charge on any atom is 0.335 e. The van der Waals surface area contributed by atoms with Crippen LogP contribution in [0.25, 0.3) is 0 Å². The average molecular weight is 341 g/mol. The van der Waals surface area contributed by atoms with E-state index < -0.39 is 5.97 Å². The molecule has 0 aromatic heterocycles. The average Bonchev–Trinajstić information content (AvgIpc) is 3.06. The van der Waals surface area contributed by atoms with Crippen LogP contribution in [-0.4, -0.2) is 35.6 Å². The predicted molar refractivity (Wildman–Crippen MR) is 80.0 cm³/mol. The molecule has 0 saturated heterocycles. The summed E-state index contributed by atoms with van der Waals surface area (Å²) < 4.78 is 0.555. The summed E-state index contributed by atoms with van der Waals surface area (Å²) in [5, 5.41) is 11.7. The van der Waals surface area contributed by atoms with Gasteiger partial charge in [0.05, 0.1) is 11.3 Å². The molecule has 2 atom stereocenters. The van der Waals surface area contributed by atoms with Crippen molar-refractivity contribution in [2.75, 3.05) is 18.9 Å². The highest BCUT2D eigenvalue weighted by Crippen LogP contribution is 2.38. The highest BCUT2D eigenvalue weighted by atomic mass is 79.9. The summed E-state index contributed by atoms with van der Waals surface area (Å²) >= 11 is 3.27. The summed E-state index contributed by atoms with van der Waals surface area (Å²) in [7, 11) is 1.76. The lowest BCUT2D eigenvalue weighted by atomic mass is 10.2. The van der Waals surface area contributed by atoms with E-state index in [1.54, 1.807) is 18.0 Å². The van der Waals surface area contributed by atoms with Crippen molar-refractivity contribution in [3.8, 4) is 0 Å². The Labute approximate surface area is 126 Å². The van der Waals surface area contributed by atoms with Crippen LogP contribution in [0.3, 0.4) is 0 Å². The minimum Gasteiger partial charge on any atom is -0.478 e. The molecule has 0 spiro atoms. The van der Waals surface area contributed by atoms with Crippen LogP contribution in [0.4, 0.5) is 10.5 Å². The summed E-state index contributed by atoms with van der Waals surface area (Å²) in [5.74, 6) is 0.304. The van der Waals surface area contributed by atoms with Crippen LogP contribution < -0.4 is 5.32 Å². The predicted octanol–water partition coefficient (Wildman–Crippen LogP) is 3.27. The van der Waals surface area contributed by atoms with Crippen LogP contribution in [0.1, 0.15) is 23.7 Å². The molecular weight excluding hydrogens is 324 g/mol. The van der Waals surface area contributed by atoms with Crippen molar-refractivity contribution in [1.82, 2.24) is 4.90 Å². The van der Waals surface area contributed by atoms with Crippen LogP contribution >= 0.6 is 15.9 Å². The number of nitrogens with zero attached hydrogens (tertiary/aromatic N) is 1. The number of carbonyl (C=O) groups is 2. The zero-order chi connectivity index (χ0) is 14.9. The van der Waals surface area contributed by atoms with Gasteiger partial charge in [-0.2, -0.15) is 0 Å². The number of carbonyl (C=O) groups excluding carboxylic acids is 1. The van der Waals surface area contributed by atoms with Crippen LogP contribution in [-0.2, 0) is 0 Å². The Kier molecular flexibility index (Phi) is 4.32. The molecule has 2 unspecified atom stereocenters. The van der Waals surface area contributed by atoms with Crippen molar-refractivity contribution in [3.05, 3.63) is 28.2 Å². The second-order valence-corrected chi connectivity index (χ2v) is 6.14. The maximum atomic E-state index is 12.0. The van der Waals surface area contributed by atoms with E-state index in [0.29, 0.717) is 22.0 Å². The van der Waals surface area contributed by atoms with Gasteiger partial charge >= 0.3 is 12.0 Å². The third-order valence-corrected chi connectivity index (χ3v) is 4.24. The van der Waals surface area contributed by atoms with Gasteiger partial charge in [0.15, 0.2) is 0 Å². The number of nitrogens with one attached hydrogen (secondary N) is 1. The van der Waals surface area contributed by atoms with Gasteiger partial charge in [0, 0.05) is 18.1 Å². The van der Waals surface area contributed by atoms with E-state index in [9.17, 15) is 9.59 Å². The molecule has 2 N–H and O–H groups in total. The highest BCUT2D eigenvalue weighted by molar-refractivity contribution is 9.10. The fraction of sp³-hybridized carbons (Fsp3) is 0.429. The molecule has 0 heterocycles. The zero-order valence-electron chi connectivity index (χ0n) is 11.4. The molecule has 20 heavy (non-hydrogen) atoms. The van der Waals surface area contributed by atoms with Gasteiger partial charge in [0.2, 0.25) is 0 Å². The largest absolute Gasteiger partial charge is 0.478 e. The lowest BCUT2D eigenvalue weighted by molar-refractivity contribution is 0.0697. The second-order valence-electron chi connectivity index (χ2n) is 5.28. The maximum absolute atomic E-state index is 12.0. The van der Waals surface area contributed by atoms with E-state index >= 15 is 0 Å². The summed E-state index contributed by atoms with van der Waals surface area (Å²) in [6.45, 7) is 2.93. The van der Waals surface area contributed by atoms with Crippen LogP contribution in [0.5, 0.6) is 0 Å². The number of aromatic carboxylic acids is 1. The van der Waals surface area contributed by atoms with Gasteiger partial charge in [0.1, 0.15) is 0 Å². The molecule has 0 bridgehead atoms. The monoisotopic (exact) mass is 340 g/mol. The molecule has 1 aromatic carbocycles. The van der Waals surface area contributed by atoms with Crippen molar-refractivity contribution in [2.24, 2.45) is 11.8 Å². The fourth-order valence-corrected chi connectivity index (χ4v) is 2.53. The lowest BCUT2D eigenvalue weighted by Crippen LogP contribution is -2.33. The number of carboxylic acid groups (broad SMARTS) is 1. The number of urea groups is 1. The molecule has 1 fully saturated rings. The number of benzene rings is 1. The van der Waals surface area contributed by atoms with E-state index in [1.165, 1.54) is 18.6 Å². The Morgan fingerprint density at radius 3 is 2.65 bits per heavy atom. The van der Waals surface area contributed by atoms with E-state index in [4.69, 9.17) is 5.11 Å². The Balaban J connectivity index is 1.98. The molecule has 0 aliphatic heterocycles. The topological polar surface area (TPSA) is 69.6 Å². The van der Waals surface area contributed by atoms with Gasteiger partial charge in [-0.15, -0.1) is 0 Å². The van der Waals surface area contributed by atoms with Gasteiger partial charge in [-0.3, -0.25) is 0 Å². The first-order valence-electron chi connectivity index (χ1n) is 6.43. The zero-order valence-corrected chi connectivity index (χ0v) is 13.0. The molecule has 1 aliphatic rings. The Bertz CT molecular complexity index is 547. The highest BCUT2D eigenvalue weighted by Gasteiger charge is 2.34. The molecule has 2 rings (SSSR count). The Morgan fingerprint density at radius 2 is 2.15 bits per heavy atom. The van der Waals surface area contributed by atoms with Gasteiger partial charge in [0.25, 0.3) is 0 Å². The minimum absolute atomic E-state index is 0.176. The van der Waals surface area contributed by atoms with Gasteiger partial charge in [-0.25, -0.2) is 9.59 Å². The molecule has 2 amide bonds. The van der Waals surface area contributed by atoms with E-state index in [-0.39, 0.29) is 11.6 Å². The summed E-state index contributed by atoms with van der Waals surface area (Å²) in [5.41, 5.74) is 0.741. The molecule has 1 aliphatic carbocycles. The lowest BCUT2D eigenvalue weighted by Gasteiger charge is -2.18. The van der Waals surface area contributed by atoms with Crippen molar-refractivity contribution in [1.29, 1.82) is 0 Å². The summed E-state index contributed by atoms with van der Waals surface area (Å²) in [6, 6.07) is 4.33. The third-order valence-electron chi connectivity index (χ3n) is 3.59. The number of halogens is 1. The molecule has 0 radical (unpaired) electrons. The molecular formula is C14H17BrN2O3. The first-order chi connectivity index (χ1) is 9.38.